The van der Waals surface area contributed by atoms with Crippen molar-refractivity contribution in [3.63, 3.8) is 0 Å². The van der Waals surface area contributed by atoms with Gasteiger partial charge in [-0.1, -0.05) is 12.8 Å². The molecule has 1 aromatic rings. The Morgan fingerprint density at radius 2 is 2.32 bits per heavy atom. The smallest absolute Gasteiger partial charge is 0.227 e. The van der Waals surface area contributed by atoms with Gasteiger partial charge in [-0.3, -0.25) is 4.79 Å². The molecule has 1 aliphatic heterocycles. The zero-order valence-corrected chi connectivity index (χ0v) is 11.5. The second-order valence-corrected chi connectivity index (χ2v) is 6.10. The quantitative estimate of drug-likeness (QED) is 0.825. The van der Waals surface area contributed by atoms with Gasteiger partial charge in [0, 0.05) is 31.0 Å². The molecule has 2 unspecified atom stereocenters. The normalized spacial score (nSPS) is 31.1. The second-order valence-electron chi connectivity index (χ2n) is 6.10. The van der Waals surface area contributed by atoms with E-state index >= 15 is 0 Å². The molecule has 2 N–H and O–H groups in total. The fourth-order valence-corrected chi connectivity index (χ4v) is 3.35. The van der Waals surface area contributed by atoms with E-state index in [-0.39, 0.29) is 17.4 Å². The number of aromatic nitrogens is 2. The van der Waals surface area contributed by atoms with Gasteiger partial charge in [0.1, 0.15) is 5.82 Å². The summed E-state index contributed by atoms with van der Waals surface area (Å²) in [6.45, 7) is 4.27. The molecule has 19 heavy (non-hydrogen) atoms. The fraction of sp³-hybridized carbons (Fsp3) is 0.714. The van der Waals surface area contributed by atoms with E-state index < -0.39 is 0 Å². The first kappa shape index (κ1) is 12.7. The molecule has 0 spiro atoms. The van der Waals surface area contributed by atoms with Crippen LogP contribution in [0.15, 0.2) is 12.4 Å². The molecule has 2 aliphatic rings. The molecule has 1 aliphatic carbocycles. The van der Waals surface area contributed by atoms with Crippen molar-refractivity contribution in [2.24, 2.45) is 11.7 Å². The summed E-state index contributed by atoms with van der Waals surface area (Å²) in [5.74, 6) is 1.18. The van der Waals surface area contributed by atoms with Crippen LogP contribution in [0.3, 0.4) is 0 Å². The van der Waals surface area contributed by atoms with Crippen molar-refractivity contribution in [3.8, 4) is 0 Å². The predicted molar refractivity (Wildman–Crippen MR) is 72.2 cm³/mol. The maximum atomic E-state index is 12.7. The first-order valence-corrected chi connectivity index (χ1v) is 7.15. The largest absolute Gasteiger partial charge is 0.333 e. The van der Waals surface area contributed by atoms with Gasteiger partial charge >= 0.3 is 0 Å². The molecule has 1 saturated carbocycles. The van der Waals surface area contributed by atoms with Crippen LogP contribution in [0.2, 0.25) is 0 Å². The number of carbonyl (C=O) groups is 1. The minimum Gasteiger partial charge on any atom is -0.333 e. The number of nitrogens with two attached hydrogens (primary N) is 1. The number of fused-ring (bicyclic) bond motifs is 1. The van der Waals surface area contributed by atoms with Crippen LogP contribution in [0, 0.1) is 5.92 Å². The highest BCUT2D eigenvalue weighted by Gasteiger charge is 2.40. The van der Waals surface area contributed by atoms with Gasteiger partial charge in [-0.25, -0.2) is 4.98 Å². The zero-order chi connectivity index (χ0) is 13.5. The molecule has 0 saturated heterocycles. The maximum absolute atomic E-state index is 12.7. The van der Waals surface area contributed by atoms with Crippen molar-refractivity contribution in [1.29, 1.82) is 0 Å². The van der Waals surface area contributed by atoms with E-state index in [2.05, 4.69) is 9.55 Å². The lowest BCUT2D eigenvalue weighted by Crippen LogP contribution is -2.54. The van der Waals surface area contributed by atoms with Gasteiger partial charge in [-0.05, 0) is 19.8 Å². The Labute approximate surface area is 113 Å². The Morgan fingerprint density at radius 1 is 1.47 bits per heavy atom. The molecule has 1 amide bonds. The Hall–Kier alpha value is -1.36. The van der Waals surface area contributed by atoms with Crippen LogP contribution in [-0.4, -0.2) is 32.4 Å². The van der Waals surface area contributed by atoms with Gasteiger partial charge in [0.15, 0.2) is 0 Å². The van der Waals surface area contributed by atoms with Crippen molar-refractivity contribution in [1.82, 2.24) is 14.5 Å². The molecule has 0 bridgehead atoms. The maximum Gasteiger partial charge on any atom is 0.227 e. The van der Waals surface area contributed by atoms with Crippen LogP contribution in [0.4, 0.5) is 0 Å². The van der Waals surface area contributed by atoms with Crippen molar-refractivity contribution >= 4 is 5.91 Å². The fourth-order valence-electron chi connectivity index (χ4n) is 3.35. The van der Waals surface area contributed by atoms with Crippen LogP contribution in [0.5, 0.6) is 0 Å². The molecule has 5 heteroatoms. The molecular weight excluding hydrogens is 240 g/mol. The molecule has 2 atom stereocenters. The highest BCUT2D eigenvalue weighted by molar-refractivity contribution is 5.80. The molecular formula is C14H22N4O. The lowest BCUT2D eigenvalue weighted by molar-refractivity contribution is -0.140. The number of amides is 1. The molecule has 3 rings (SSSR count). The van der Waals surface area contributed by atoms with E-state index in [0.29, 0.717) is 6.54 Å². The highest BCUT2D eigenvalue weighted by atomic mass is 16.2. The lowest BCUT2D eigenvalue weighted by Gasteiger charge is -2.40. The van der Waals surface area contributed by atoms with E-state index in [4.69, 9.17) is 5.73 Å². The van der Waals surface area contributed by atoms with E-state index in [1.807, 2.05) is 18.0 Å². The van der Waals surface area contributed by atoms with E-state index in [0.717, 1.165) is 44.6 Å². The Bertz CT molecular complexity index is 480. The third-order valence-corrected chi connectivity index (χ3v) is 4.61. The van der Waals surface area contributed by atoms with Crippen LogP contribution in [0.1, 0.15) is 38.4 Å². The van der Waals surface area contributed by atoms with Crippen LogP contribution < -0.4 is 5.73 Å². The van der Waals surface area contributed by atoms with Crippen LogP contribution in [-0.2, 0) is 17.9 Å². The standard InChI is InChI=1S/C14H22N4O/c1-14(15)5-3-2-4-11(14)13(19)18-9-8-17-7-6-16-12(17)10-18/h6-7,11H,2-5,8-10,15H2,1H3. The second kappa shape index (κ2) is 4.63. The van der Waals surface area contributed by atoms with Crippen LogP contribution >= 0.6 is 0 Å². The molecule has 0 radical (unpaired) electrons. The zero-order valence-electron chi connectivity index (χ0n) is 11.5. The number of nitrogens with zero attached hydrogens (tertiary/aromatic N) is 3. The molecule has 1 fully saturated rings. The number of carbonyl (C=O) groups excluding carboxylic acids is 1. The van der Waals surface area contributed by atoms with Gasteiger partial charge in [0.25, 0.3) is 0 Å². The summed E-state index contributed by atoms with van der Waals surface area (Å²) in [6.07, 6.45) is 7.91. The van der Waals surface area contributed by atoms with Crippen LogP contribution in [0.25, 0.3) is 0 Å². The van der Waals surface area contributed by atoms with E-state index in [9.17, 15) is 4.79 Å². The van der Waals surface area contributed by atoms with Gasteiger partial charge in [0.2, 0.25) is 5.91 Å². The Morgan fingerprint density at radius 3 is 3.11 bits per heavy atom. The van der Waals surface area contributed by atoms with Crippen molar-refractivity contribution in [3.05, 3.63) is 18.2 Å². The first-order valence-electron chi connectivity index (χ1n) is 7.15. The molecule has 0 aromatic carbocycles. The van der Waals surface area contributed by atoms with Gasteiger partial charge in [-0.15, -0.1) is 0 Å². The molecule has 104 valence electrons. The number of hydrogen-bond donors (Lipinski definition) is 1. The minimum absolute atomic E-state index is 0.0252. The summed E-state index contributed by atoms with van der Waals surface area (Å²) in [5, 5.41) is 0. The van der Waals surface area contributed by atoms with Gasteiger partial charge < -0.3 is 15.2 Å². The summed E-state index contributed by atoms with van der Waals surface area (Å²) < 4.78 is 2.12. The monoisotopic (exact) mass is 262 g/mol. The molecule has 1 aromatic heterocycles. The summed E-state index contributed by atoms with van der Waals surface area (Å²) in [5.41, 5.74) is 5.99. The Balaban J connectivity index is 1.74. The van der Waals surface area contributed by atoms with Crippen molar-refractivity contribution in [2.75, 3.05) is 6.54 Å². The van der Waals surface area contributed by atoms with Gasteiger partial charge in [-0.2, -0.15) is 0 Å². The number of hydrogen-bond acceptors (Lipinski definition) is 3. The average Bonchev–Trinajstić information content (AvgIpc) is 2.84. The highest BCUT2D eigenvalue weighted by Crippen LogP contribution is 2.33. The third-order valence-electron chi connectivity index (χ3n) is 4.61. The van der Waals surface area contributed by atoms with E-state index in [1.54, 1.807) is 6.20 Å². The van der Waals surface area contributed by atoms with Crippen molar-refractivity contribution < 1.29 is 4.79 Å². The SMILES string of the molecule is CC1(N)CCCCC1C(=O)N1CCn2ccnc2C1. The lowest BCUT2D eigenvalue weighted by atomic mass is 9.74. The Kier molecular flexibility index (Phi) is 3.09. The number of imidazole rings is 1. The van der Waals surface area contributed by atoms with Crippen molar-refractivity contribution in [2.45, 2.75) is 51.2 Å². The molecule has 5 nitrogen and oxygen atoms in total. The third kappa shape index (κ3) is 2.27. The molecule has 2 heterocycles. The summed E-state index contributed by atoms with van der Waals surface area (Å²) in [6, 6.07) is 0. The van der Waals surface area contributed by atoms with Gasteiger partial charge in [0.05, 0.1) is 12.5 Å². The summed E-state index contributed by atoms with van der Waals surface area (Å²) >= 11 is 0. The topological polar surface area (TPSA) is 64.2 Å². The predicted octanol–water partition coefficient (Wildman–Crippen LogP) is 1.13. The average molecular weight is 262 g/mol. The number of rotatable bonds is 1. The summed E-state index contributed by atoms with van der Waals surface area (Å²) in [7, 11) is 0. The summed E-state index contributed by atoms with van der Waals surface area (Å²) in [4.78, 5) is 19.0. The first-order chi connectivity index (χ1) is 9.08. The minimum atomic E-state index is -0.345. The van der Waals surface area contributed by atoms with E-state index in [1.165, 1.54) is 0 Å².